The van der Waals surface area contributed by atoms with Crippen molar-refractivity contribution in [2.45, 2.75) is 0 Å². The van der Waals surface area contributed by atoms with Crippen LogP contribution in [0.5, 0.6) is 0 Å². The third-order valence-electron chi connectivity index (χ3n) is 1.62. The van der Waals surface area contributed by atoms with E-state index in [9.17, 15) is 8.78 Å². The van der Waals surface area contributed by atoms with Crippen molar-refractivity contribution >= 4 is 11.3 Å². The van der Waals surface area contributed by atoms with E-state index in [-0.39, 0.29) is 0 Å². The quantitative estimate of drug-likeness (QED) is 0.653. The van der Waals surface area contributed by atoms with Gasteiger partial charge < -0.3 is 0 Å². The summed E-state index contributed by atoms with van der Waals surface area (Å²) >= 11 is 1.40. The van der Waals surface area contributed by atoms with E-state index < -0.39 is 11.6 Å². The lowest BCUT2D eigenvalue weighted by Gasteiger charge is -1.97. The van der Waals surface area contributed by atoms with E-state index in [1.807, 2.05) is 0 Å². The highest BCUT2D eigenvalue weighted by molar-refractivity contribution is 7.13. The Balaban J connectivity index is 2.53. The molecular weight excluding hydrogens is 190 g/mol. The van der Waals surface area contributed by atoms with Gasteiger partial charge in [-0.1, -0.05) is 0 Å². The van der Waals surface area contributed by atoms with Gasteiger partial charge in [0, 0.05) is 10.9 Å². The second-order valence-corrected chi connectivity index (χ2v) is 3.48. The number of hydrogen-bond donors (Lipinski definition) is 0. The molecule has 1 aromatic heterocycles. The minimum absolute atomic E-state index is 0.552. The molecule has 0 atom stereocenters. The van der Waals surface area contributed by atoms with Gasteiger partial charge >= 0.3 is 0 Å². The van der Waals surface area contributed by atoms with E-state index in [1.54, 1.807) is 11.4 Å². The maximum atomic E-state index is 12.8. The molecule has 0 aliphatic heterocycles. The molecule has 0 bridgehead atoms. The lowest BCUT2D eigenvalue weighted by molar-refractivity contribution is 0.584. The zero-order valence-electron chi connectivity index (χ0n) is 6.55. The Morgan fingerprint density at radius 2 is 1.77 bits per heavy atom. The molecule has 0 unspecified atom stereocenters. The van der Waals surface area contributed by atoms with E-state index in [4.69, 9.17) is 0 Å². The molecule has 1 radical (unpaired) electrons. The van der Waals surface area contributed by atoms with Gasteiger partial charge in [0.25, 0.3) is 0 Å². The van der Waals surface area contributed by atoms with Gasteiger partial charge in [0.05, 0.1) is 0 Å². The van der Waals surface area contributed by atoms with Crippen molar-refractivity contribution < 1.29 is 8.78 Å². The van der Waals surface area contributed by atoms with Crippen molar-refractivity contribution in [2.24, 2.45) is 0 Å². The van der Waals surface area contributed by atoms with E-state index in [0.29, 0.717) is 5.56 Å². The summed E-state index contributed by atoms with van der Waals surface area (Å²) < 4.78 is 25.5. The van der Waals surface area contributed by atoms with Crippen LogP contribution in [-0.2, 0) is 0 Å². The molecule has 0 nitrogen and oxygen atoms in total. The largest absolute Gasteiger partial charge is 0.207 e. The summed E-state index contributed by atoms with van der Waals surface area (Å²) in [5.41, 5.74) is 0.559. The second kappa shape index (κ2) is 3.26. The molecule has 2 rings (SSSR count). The molecule has 0 N–H and O–H groups in total. The maximum absolute atomic E-state index is 12.8. The van der Waals surface area contributed by atoms with Crippen LogP contribution in [0.3, 0.4) is 0 Å². The highest BCUT2D eigenvalue weighted by atomic mass is 32.1. The number of hydrogen-bond acceptors (Lipinski definition) is 1. The molecule has 0 spiro atoms. The summed E-state index contributed by atoms with van der Waals surface area (Å²) in [4.78, 5) is 0.818. The van der Waals surface area contributed by atoms with Gasteiger partial charge in [-0.05, 0) is 35.2 Å². The van der Waals surface area contributed by atoms with Crippen LogP contribution < -0.4 is 0 Å². The van der Waals surface area contributed by atoms with Crippen LogP contribution in [-0.4, -0.2) is 0 Å². The summed E-state index contributed by atoms with van der Waals surface area (Å²) in [6, 6.07) is 8.03. The Morgan fingerprint density at radius 1 is 1.08 bits per heavy atom. The summed E-state index contributed by atoms with van der Waals surface area (Å²) in [6.45, 7) is 0. The first-order valence-electron chi connectivity index (χ1n) is 3.67. The highest BCUT2D eigenvalue weighted by Crippen LogP contribution is 2.25. The Kier molecular flexibility index (Phi) is 2.10. The Hall–Kier alpha value is -1.22. The topological polar surface area (TPSA) is 0 Å². The molecule has 0 amide bonds. The number of rotatable bonds is 1. The number of halogens is 2. The molecule has 0 fully saturated rings. The zero-order chi connectivity index (χ0) is 9.26. The monoisotopic (exact) mass is 195 g/mol. The van der Waals surface area contributed by atoms with Gasteiger partial charge in [-0.15, -0.1) is 11.3 Å². The predicted molar refractivity (Wildman–Crippen MR) is 48.5 cm³/mol. The molecule has 0 aliphatic carbocycles. The Labute approximate surface area is 78.5 Å². The van der Waals surface area contributed by atoms with Crippen molar-refractivity contribution in [3.05, 3.63) is 47.3 Å². The van der Waals surface area contributed by atoms with Crippen LogP contribution in [0.25, 0.3) is 10.4 Å². The molecule has 0 aliphatic rings. The van der Waals surface area contributed by atoms with Crippen molar-refractivity contribution in [1.29, 1.82) is 0 Å². The third kappa shape index (κ3) is 1.75. The van der Waals surface area contributed by atoms with Gasteiger partial charge in [0.1, 0.15) is 11.6 Å². The normalized spacial score (nSPS) is 10.3. The van der Waals surface area contributed by atoms with Gasteiger partial charge in [-0.2, -0.15) is 0 Å². The molecule has 0 saturated carbocycles. The fourth-order valence-electron chi connectivity index (χ4n) is 1.09. The summed E-state index contributed by atoms with van der Waals surface area (Å²) in [7, 11) is 0. The van der Waals surface area contributed by atoms with E-state index in [0.717, 1.165) is 10.9 Å². The first-order valence-corrected chi connectivity index (χ1v) is 4.55. The van der Waals surface area contributed by atoms with Crippen LogP contribution in [0.1, 0.15) is 0 Å². The maximum Gasteiger partial charge on any atom is 0.126 e. The van der Waals surface area contributed by atoms with Crippen molar-refractivity contribution in [3.63, 3.8) is 0 Å². The molecule has 0 saturated heterocycles. The summed E-state index contributed by atoms with van der Waals surface area (Å²) in [5, 5.41) is 1.75. The fraction of sp³-hybridized carbons (Fsp3) is 0. The van der Waals surface area contributed by atoms with Crippen LogP contribution >= 0.6 is 11.3 Å². The van der Waals surface area contributed by atoms with Crippen molar-refractivity contribution in [2.75, 3.05) is 0 Å². The minimum Gasteiger partial charge on any atom is -0.207 e. The molecule has 13 heavy (non-hydrogen) atoms. The lowest BCUT2D eigenvalue weighted by Crippen LogP contribution is -1.81. The molecule has 1 aromatic carbocycles. The fourth-order valence-corrected chi connectivity index (χ4v) is 1.74. The van der Waals surface area contributed by atoms with Gasteiger partial charge in [0.15, 0.2) is 0 Å². The SMILES string of the molecule is Fc1cc(F)cc(-c2c[c]cs2)c1. The van der Waals surface area contributed by atoms with Crippen LogP contribution in [0, 0.1) is 17.7 Å². The second-order valence-electron chi connectivity index (χ2n) is 2.57. The van der Waals surface area contributed by atoms with Crippen LogP contribution in [0.2, 0.25) is 0 Å². The number of thiophene rings is 1. The predicted octanol–water partition coefficient (Wildman–Crippen LogP) is 3.49. The van der Waals surface area contributed by atoms with Crippen molar-refractivity contribution in [3.8, 4) is 10.4 Å². The molecular formula is C10H5F2S. The third-order valence-corrected chi connectivity index (χ3v) is 2.48. The number of benzene rings is 1. The average molecular weight is 195 g/mol. The summed E-state index contributed by atoms with van der Waals surface area (Å²) in [5.74, 6) is -1.10. The zero-order valence-corrected chi connectivity index (χ0v) is 7.37. The van der Waals surface area contributed by atoms with Crippen LogP contribution in [0.4, 0.5) is 8.78 Å². The lowest BCUT2D eigenvalue weighted by atomic mass is 10.2. The summed E-state index contributed by atoms with van der Waals surface area (Å²) in [6.07, 6.45) is 0. The van der Waals surface area contributed by atoms with Gasteiger partial charge in [-0.3, -0.25) is 0 Å². The molecule has 2 aromatic rings. The van der Waals surface area contributed by atoms with Crippen LogP contribution in [0.15, 0.2) is 29.6 Å². The van der Waals surface area contributed by atoms with E-state index >= 15 is 0 Å². The minimum atomic E-state index is -0.552. The Bertz CT molecular complexity index is 387. The molecule has 1 heterocycles. The van der Waals surface area contributed by atoms with Crippen molar-refractivity contribution in [1.82, 2.24) is 0 Å². The average Bonchev–Trinajstić information content (AvgIpc) is 2.53. The first-order chi connectivity index (χ1) is 6.25. The first kappa shape index (κ1) is 8.38. The van der Waals surface area contributed by atoms with Gasteiger partial charge in [0.2, 0.25) is 0 Å². The van der Waals surface area contributed by atoms with E-state index in [2.05, 4.69) is 6.07 Å². The van der Waals surface area contributed by atoms with Gasteiger partial charge in [-0.25, -0.2) is 8.78 Å². The molecule has 3 heteroatoms. The Morgan fingerprint density at radius 3 is 2.31 bits per heavy atom. The van der Waals surface area contributed by atoms with E-state index in [1.165, 1.54) is 23.5 Å². The highest BCUT2D eigenvalue weighted by Gasteiger charge is 2.03. The molecule has 65 valence electrons. The standard InChI is InChI=1S/C10H5F2S/c11-8-4-7(5-9(12)6-8)10-2-1-3-13-10/h2-6H. The smallest absolute Gasteiger partial charge is 0.126 e.